The zero-order valence-electron chi connectivity index (χ0n) is 21.7. The van der Waals surface area contributed by atoms with Gasteiger partial charge in [0.1, 0.15) is 16.7 Å². The Morgan fingerprint density at radius 1 is 1.21 bits per heavy atom. The van der Waals surface area contributed by atoms with Crippen LogP contribution in [0.1, 0.15) is 29.8 Å². The molecule has 2 aromatic heterocycles. The maximum Gasteiger partial charge on any atom is 0.171 e. The highest BCUT2D eigenvalue weighted by atomic mass is 35.5. The molecule has 0 saturated carbocycles. The summed E-state index contributed by atoms with van der Waals surface area (Å²) in [6, 6.07) is 11.9. The third-order valence-electron chi connectivity index (χ3n) is 7.15. The van der Waals surface area contributed by atoms with Crippen molar-refractivity contribution in [3.63, 3.8) is 0 Å². The van der Waals surface area contributed by atoms with Crippen molar-refractivity contribution in [1.82, 2.24) is 19.7 Å². The van der Waals surface area contributed by atoms with Gasteiger partial charge in [0, 0.05) is 41.3 Å². The number of methoxy groups -OCH3 is 1. The smallest absolute Gasteiger partial charge is 0.171 e. The maximum atomic E-state index is 13.8. The molecule has 0 radical (unpaired) electrons. The predicted molar refractivity (Wildman–Crippen MR) is 157 cm³/mol. The van der Waals surface area contributed by atoms with Gasteiger partial charge in [0.25, 0.3) is 0 Å². The van der Waals surface area contributed by atoms with E-state index in [1.165, 1.54) is 0 Å². The van der Waals surface area contributed by atoms with Crippen molar-refractivity contribution in [2.45, 2.75) is 26.8 Å². The summed E-state index contributed by atoms with van der Waals surface area (Å²) in [6.45, 7) is 8.37. The fourth-order valence-corrected chi connectivity index (χ4v) is 5.19. The zero-order chi connectivity index (χ0) is 25.2. The fourth-order valence-electron chi connectivity index (χ4n) is 4.99. The number of hydrogen-bond donors (Lipinski definition) is 1. The van der Waals surface area contributed by atoms with Gasteiger partial charge in [0.05, 0.1) is 25.8 Å². The van der Waals surface area contributed by atoms with Gasteiger partial charge < -0.3 is 18.9 Å². The molecule has 0 bridgehead atoms. The number of carbonyl (C=O) groups is 1. The van der Waals surface area contributed by atoms with Gasteiger partial charge in [-0.3, -0.25) is 9.89 Å². The van der Waals surface area contributed by atoms with Crippen LogP contribution in [0.25, 0.3) is 22.0 Å². The Morgan fingerprint density at radius 2 is 2.00 bits per heavy atom. The molecule has 4 aromatic rings. The van der Waals surface area contributed by atoms with Crippen LogP contribution >= 0.6 is 36.4 Å². The second-order valence-electron chi connectivity index (χ2n) is 9.14. The zero-order valence-corrected chi connectivity index (χ0v) is 24.1. The van der Waals surface area contributed by atoms with Crippen molar-refractivity contribution in [2.75, 3.05) is 33.4 Å². The van der Waals surface area contributed by atoms with Gasteiger partial charge in [-0.25, -0.2) is 0 Å². The molecule has 1 atom stereocenters. The minimum atomic E-state index is -0.255. The number of Topliss-reactive ketones (excluding diaryl/α,β-unsaturated/α-hetero) is 1. The first-order chi connectivity index (χ1) is 17.5. The van der Waals surface area contributed by atoms with Gasteiger partial charge in [0.2, 0.25) is 0 Å². The van der Waals surface area contributed by atoms with Crippen LogP contribution in [0.3, 0.4) is 0 Å². The van der Waals surface area contributed by atoms with Gasteiger partial charge in [0.15, 0.2) is 5.78 Å². The number of ketones is 1. The van der Waals surface area contributed by atoms with E-state index >= 15 is 0 Å². The first-order valence-electron chi connectivity index (χ1n) is 12.4. The summed E-state index contributed by atoms with van der Waals surface area (Å²) in [5.74, 6) is 1.44. The van der Waals surface area contributed by atoms with Crippen molar-refractivity contribution < 1.29 is 14.3 Å². The Kier molecular flexibility index (Phi) is 10.1. The highest BCUT2D eigenvalue weighted by Crippen LogP contribution is 2.35. The summed E-state index contributed by atoms with van der Waals surface area (Å²) in [4.78, 5) is 16.2. The number of aromatic nitrogens is 3. The molecule has 1 aliphatic heterocycles. The van der Waals surface area contributed by atoms with Crippen molar-refractivity contribution in [3.8, 4) is 22.6 Å². The molecule has 2 aromatic carbocycles. The molecule has 1 N–H and O–H groups in total. The number of halogens is 3. The molecule has 0 aliphatic carbocycles. The van der Waals surface area contributed by atoms with Gasteiger partial charge >= 0.3 is 0 Å². The van der Waals surface area contributed by atoms with Crippen LogP contribution in [-0.4, -0.2) is 58.8 Å². The molecule has 3 heterocycles. The summed E-state index contributed by atoms with van der Waals surface area (Å²) < 4.78 is 13.5. The van der Waals surface area contributed by atoms with Crippen molar-refractivity contribution in [2.24, 2.45) is 5.92 Å². The van der Waals surface area contributed by atoms with Crippen LogP contribution < -0.4 is 9.47 Å². The standard InChI is InChI=1S/C28H31ClN4O3.2ClH/c1-4-32(5-2)10-11-33-16-24(22-8-6-18(14-25(22)33)23-15-30-31-28(23)29)27(34)20-12-19-13-21(35-3)7-9-26(19)36-17-20;;/h6-9,13-16,20H,4-5,10-12,17H2,1-3H3,(H,30,31);2*1H/t20-;;/m0../s1. The second kappa shape index (κ2) is 12.9. The lowest BCUT2D eigenvalue weighted by Crippen LogP contribution is -2.28. The molecule has 7 nitrogen and oxygen atoms in total. The second-order valence-corrected chi connectivity index (χ2v) is 9.52. The Balaban J connectivity index is 0.00000200. The summed E-state index contributed by atoms with van der Waals surface area (Å²) in [7, 11) is 1.64. The van der Waals surface area contributed by atoms with E-state index in [1.54, 1.807) is 13.3 Å². The molecule has 0 spiro atoms. The predicted octanol–water partition coefficient (Wildman–Crippen LogP) is 6.31. The molecule has 38 heavy (non-hydrogen) atoms. The SMILES string of the molecule is CCN(CC)CCn1cc(C(=O)[C@@H]2COc3ccc(OC)cc3C2)c2ccc(-c3cn[nH]c3Cl)cc21.Cl.Cl. The number of likely N-dealkylation sites (N-methyl/N-ethyl adjacent to an activating group) is 1. The minimum Gasteiger partial charge on any atom is -0.497 e. The summed E-state index contributed by atoms with van der Waals surface area (Å²) in [5, 5.41) is 8.30. The molecule has 5 rings (SSSR count). The van der Waals surface area contributed by atoms with E-state index in [4.69, 9.17) is 21.1 Å². The minimum absolute atomic E-state index is 0. The Hall–Kier alpha value is -2.71. The molecule has 0 saturated heterocycles. The van der Waals surface area contributed by atoms with Crippen molar-refractivity contribution in [3.05, 3.63) is 65.1 Å². The number of fused-ring (bicyclic) bond motifs is 2. The van der Waals surface area contributed by atoms with E-state index in [0.717, 1.165) is 70.8 Å². The topological polar surface area (TPSA) is 72.4 Å². The molecule has 0 fully saturated rings. The number of H-pyrrole nitrogens is 1. The third-order valence-corrected chi connectivity index (χ3v) is 7.44. The number of aromatic amines is 1. The Bertz CT molecular complexity index is 1400. The lowest BCUT2D eigenvalue weighted by atomic mass is 9.89. The lowest BCUT2D eigenvalue weighted by molar-refractivity contribution is 0.0856. The number of nitrogens with zero attached hydrogens (tertiary/aromatic N) is 3. The highest BCUT2D eigenvalue weighted by Gasteiger charge is 2.29. The molecule has 0 amide bonds. The van der Waals surface area contributed by atoms with E-state index < -0.39 is 0 Å². The Morgan fingerprint density at radius 3 is 2.68 bits per heavy atom. The number of ether oxygens (including phenoxy) is 2. The monoisotopic (exact) mass is 578 g/mol. The first kappa shape index (κ1) is 29.8. The quantitative estimate of drug-likeness (QED) is 0.235. The van der Waals surface area contributed by atoms with E-state index in [0.29, 0.717) is 18.2 Å². The van der Waals surface area contributed by atoms with Gasteiger partial charge in [-0.05, 0) is 54.9 Å². The van der Waals surface area contributed by atoms with Crippen LogP contribution in [0.2, 0.25) is 5.15 Å². The van der Waals surface area contributed by atoms with Crippen molar-refractivity contribution >= 4 is 53.1 Å². The van der Waals surface area contributed by atoms with E-state index in [2.05, 4.69) is 39.6 Å². The van der Waals surface area contributed by atoms with Crippen molar-refractivity contribution in [1.29, 1.82) is 0 Å². The number of carbonyl (C=O) groups excluding carboxylic acids is 1. The first-order valence-corrected chi connectivity index (χ1v) is 12.8. The molecule has 0 unspecified atom stereocenters. The van der Waals surface area contributed by atoms with E-state index in [9.17, 15) is 4.79 Å². The summed E-state index contributed by atoms with van der Waals surface area (Å²) >= 11 is 6.32. The van der Waals surface area contributed by atoms with Gasteiger partial charge in [-0.15, -0.1) is 24.8 Å². The van der Waals surface area contributed by atoms with E-state index in [1.807, 2.05) is 36.5 Å². The van der Waals surface area contributed by atoms with Gasteiger partial charge in [-0.1, -0.05) is 37.6 Å². The average molecular weight is 580 g/mol. The number of hydrogen-bond acceptors (Lipinski definition) is 5. The number of nitrogens with one attached hydrogen (secondary N) is 1. The molecule has 10 heteroatoms. The normalized spacial score (nSPS) is 14.4. The maximum absolute atomic E-state index is 13.8. The van der Waals surface area contributed by atoms with Crippen LogP contribution in [0, 0.1) is 5.92 Å². The van der Waals surface area contributed by atoms with Gasteiger partial charge in [-0.2, -0.15) is 5.10 Å². The summed E-state index contributed by atoms with van der Waals surface area (Å²) in [5.41, 5.74) is 4.55. The number of benzene rings is 2. The molecule has 1 aliphatic rings. The van der Waals surface area contributed by atoms with Crippen LogP contribution in [0.5, 0.6) is 11.5 Å². The average Bonchev–Trinajstić information content (AvgIpc) is 3.51. The molecular weight excluding hydrogens is 547 g/mol. The fraction of sp³-hybridized carbons (Fsp3) is 0.357. The largest absolute Gasteiger partial charge is 0.497 e. The summed E-state index contributed by atoms with van der Waals surface area (Å²) in [6.07, 6.45) is 4.36. The van der Waals surface area contributed by atoms with Crippen LogP contribution in [0.15, 0.2) is 48.8 Å². The third kappa shape index (κ3) is 5.81. The molecule has 204 valence electrons. The highest BCUT2D eigenvalue weighted by molar-refractivity contribution is 6.32. The van der Waals surface area contributed by atoms with Crippen LogP contribution in [-0.2, 0) is 13.0 Å². The lowest BCUT2D eigenvalue weighted by Gasteiger charge is -2.24. The van der Waals surface area contributed by atoms with Crippen LogP contribution in [0.4, 0.5) is 0 Å². The molecular formula is C28H33Cl3N4O3. The van der Waals surface area contributed by atoms with E-state index in [-0.39, 0.29) is 36.5 Å². The Labute approximate surface area is 240 Å². The number of rotatable bonds is 9.